The van der Waals surface area contributed by atoms with E-state index in [9.17, 15) is 9.59 Å². The molecule has 0 saturated heterocycles. The average Bonchev–Trinajstić information content (AvgIpc) is 3.05. The predicted octanol–water partition coefficient (Wildman–Crippen LogP) is 2.99. The Labute approximate surface area is 141 Å². The predicted molar refractivity (Wildman–Crippen MR) is 93.6 cm³/mol. The molecule has 24 heavy (non-hydrogen) atoms. The molecule has 0 bridgehead atoms. The van der Waals surface area contributed by atoms with E-state index >= 15 is 0 Å². The molecule has 0 atom stereocenters. The van der Waals surface area contributed by atoms with Gasteiger partial charge in [0.05, 0.1) is 19.4 Å². The van der Waals surface area contributed by atoms with Crippen LogP contribution in [0.25, 0.3) is 0 Å². The Morgan fingerprint density at radius 3 is 2.38 bits per heavy atom. The molecule has 6 heteroatoms. The van der Waals surface area contributed by atoms with E-state index in [2.05, 4.69) is 16.0 Å². The molecular weight excluding hydrogens is 306 g/mol. The molecule has 2 amide bonds. The number of carbonyl (C=O) groups is 2. The monoisotopic (exact) mass is 329 g/mol. The first-order valence-corrected chi connectivity index (χ1v) is 7.96. The number of benzene rings is 1. The van der Waals surface area contributed by atoms with Crippen LogP contribution in [-0.2, 0) is 16.1 Å². The summed E-state index contributed by atoms with van der Waals surface area (Å²) in [6.07, 6.45) is 2.07. The maximum Gasteiger partial charge on any atom is 0.239 e. The summed E-state index contributed by atoms with van der Waals surface area (Å²) in [5, 5.41) is 8.64. The Morgan fingerprint density at radius 2 is 1.75 bits per heavy atom. The Hall–Kier alpha value is -2.76. The molecule has 0 spiro atoms. The quantitative estimate of drug-likeness (QED) is 0.695. The second-order valence-corrected chi connectivity index (χ2v) is 5.93. The summed E-state index contributed by atoms with van der Waals surface area (Å²) in [4.78, 5) is 23.5. The standard InChI is InChI=1S/C18H23N3O3/c1-13(2)10-17(22)21-15-7-5-14(6-8-15)19-12-18(23)20-11-16-4-3-9-24-16/h3-9,13,19H,10-12H2,1-2H3,(H,20,23)(H,21,22). The maximum atomic E-state index is 11.8. The summed E-state index contributed by atoms with van der Waals surface area (Å²) in [6.45, 7) is 4.54. The van der Waals surface area contributed by atoms with Crippen molar-refractivity contribution in [1.29, 1.82) is 0 Å². The van der Waals surface area contributed by atoms with E-state index in [0.717, 1.165) is 11.4 Å². The fraction of sp³-hybridized carbons (Fsp3) is 0.333. The van der Waals surface area contributed by atoms with Crippen molar-refractivity contribution >= 4 is 23.2 Å². The van der Waals surface area contributed by atoms with Crippen molar-refractivity contribution in [2.24, 2.45) is 5.92 Å². The molecule has 1 aromatic heterocycles. The first-order chi connectivity index (χ1) is 11.5. The van der Waals surface area contributed by atoms with E-state index in [0.29, 0.717) is 24.6 Å². The van der Waals surface area contributed by atoms with Crippen LogP contribution in [0.15, 0.2) is 47.1 Å². The van der Waals surface area contributed by atoms with Crippen LogP contribution in [0.1, 0.15) is 26.0 Å². The molecule has 0 fully saturated rings. The molecule has 0 unspecified atom stereocenters. The van der Waals surface area contributed by atoms with E-state index < -0.39 is 0 Å². The summed E-state index contributed by atoms with van der Waals surface area (Å²) < 4.78 is 5.15. The molecule has 128 valence electrons. The maximum absolute atomic E-state index is 11.8. The zero-order valence-corrected chi connectivity index (χ0v) is 14.0. The fourth-order valence-corrected chi connectivity index (χ4v) is 2.10. The number of hydrogen-bond acceptors (Lipinski definition) is 4. The van der Waals surface area contributed by atoms with Gasteiger partial charge in [-0.15, -0.1) is 0 Å². The van der Waals surface area contributed by atoms with Crippen LogP contribution in [0.2, 0.25) is 0 Å². The van der Waals surface area contributed by atoms with Gasteiger partial charge in [0, 0.05) is 17.8 Å². The van der Waals surface area contributed by atoms with Crippen LogP contribution in [0, 0.1) is 5.92 Å². The van der Waals surface area contributed by atoms with Gasteiger partial charge in [-0.05, 0) is 42.3 Å². The molecule has 2 aromatic rings. The van der Waals surface area contributed by atoms with Crippen molar-refractivity contribution in [3.63, 3.8) is 0 Å². The molecule has 0 aliphatic heterocycles. The third kappa shape index (κ3) is 6.16. The summed E-state index contributed by atoms with van der Waals surface area (Å²) in [5.41, 5.74) is 1.55. The Morgan fingerprint density at radius 1 is 1.04 bits per heavy atom. The summed E-state index contributed by atoms with van der Waals surface area (Å²) >= 11 is 0. The van der Waals surface area contributed by atoms with E-state index in [1.54, 1.807) is 30.5 Å². The highest BCUT2D eigenvalue weighted by Crippen LogP contribution is 2.14. The fourth-order valence-electron chi connectivity index (χ4n) is 2.10. The summed E-state index contributed by atoms with van der Waals surface area (Å²) in [5.74, 6) is 0.916. The number of carbonyl (C=O) groups excluding carboxylic acids is 2. The van der Waals surface area contributed by atoms with Gasteiger partial charge in [-0.1, -0.05) is 13.8 Å². The van der Waals surface area contributed by atoms with Gasteiger partial charge in [0.2, 0.25) is 11.8 Å². The van der Waals surface area contributed by atoms with Crippen molar-refractivity contribution in [2.75, 3.05) is 17.2 Å². The number of anilines is 2. The Kier molecular flexibility index (Phi) is 6.42. The van der Waals surface area contributed by atoms with Crippen LogP contribution < -0.4 is 16.0 Å². The van der Waals surface area contributed by atoms with Crippen LogP contribution in [0.5, 0.6) is 0 Å². The van der Waals surface area contributed by atoms with Gasteiger partial charge < -0.3 is 20.4 Å². The van der Waals surface area contributed by atoms with E-state index in [1.807, 2.05) is 26.0 Å². The summed E-state index contributed by atoms with van der Waals surface area (Å²) in [6, 6.07) is 10.8. The van der Waals surface area contributed by atoms with Gasteiger partial charge in [-0.3, -0.25) is 9.59 Å². The van der Waals surface area contributed by atoms with E-state index in [-0.39, 0.29) is 18.4 Å². The number of amides is 2. The minimum atomic E-state index is -0.124. The van der Waals surface area contributed by atoms with Crippen molar-refractivity contribution < 1.29 is 14.0 Å². The van der Waals surface area contributed by atoms with Gasteiger partial charge >= 0.3 is 0 Å². The minimum Gasteiger partial charge on any atom is -0.467 e. The van der Waals surface area contributed by atoms with E-state index in [1.165, 1.54) is 0 Å². The largest absolute Gasteiger partial charge is 0.467 e. The highest BCUT2D eigenvalue weighted by atomic mass is 16.3. The SMILES string of the molecule is CC(C)CC(=O)Nc1ccc(NCC(=O)NCc2ccco2)cc1. The van der Waals surface area contributed by atoms with Crippen LogP contribution in [0.4, 0.5) is 11.4 Å². The Balaban J connectivity index is 1.73. The first kappa shape index (κ1) is 17.6. The molecule has 3 N–H and O–H groups in total. The normalized spacial score (nSPS) is 10.5. The smallest absolute Gasteiger partial charge is 0.239 e. The Bertz CT molecular complexity index is 649. The topological polar surface area (TPSA) is 83.4 Å². The molecule has 0 radical (unpaired) electrons. The van der Waals surface area contributed by atoms with E-state index in [4.69, 9.17) is 4.42 Å². The minimum absolute atomic E-state index is 0.00279. The second kappa shape index (κ2) is 8.76. The van der Waals surface area contributed by atoms with Crippen LogP contribution in [-0.4, -0.2) is 18.4 Å². The number of nitrogens with one attached hydrogen (secondary N) is 3. The number of hydrogen-bond donors (Lipinski definition) is 3. The lowest BCUT2D eigenvalue weighted by Crippen LogP contribution is -2.29. The number of furan rings is 1. The molecule has 0 aliphatic rings. The van der Waals surface area contributed by atoms with Gasteiger partial charge in [-0.25, -0.2) is 0 Å². The zero-order chi connectivity index (χ0) is 17.4. The van der Waals surface area contributed by atoms with Crippen molar-refractivity contribution in [1.82, 2.24) is 5.32 Å². The molecular formula is C18H23N3O3. The lowest BCUT2D eigenvalue weighted by molar-refractivity contribution is -0.119. The average molecular weight is 329 g/mol. The van der Waals surface area contributed by atoms with Crippen molar-refractivity contribution in [3.8, 4) is 0 Å². The van der Waals surface area contributed by atoms with Crippen LogP contribution in [0.3, 0.4) is 0 Å². The number of rotatable bonds is 8. The van der Waals surface area contributed by atoms with Gasteiger partial charge in [0.15, 0.2) is 0 Å². The van der Waals surface area contributed by atoms with Crippen LogP contribution >= 0.6 is 0 Å². The lowest BCUT2D eigenvalue weighted by Gasteiger charge is -2.09. The molecule has 0 saturated carbocycles. The highest BCUT2D eigenvalue weighted by molar-refractivity contribution is 5.91. The highest BCUT2D eigenvalue weighted by Gasteiger charge is 2.06. The van der Waals surface area contributed by atoms with Gasteiger partial charge in [0.25, 0.3) is 0 Å². The third-order valence-corrected chi connectivity index (χ3v) is 3.26. The van der Waals surface area contributed by atoms with Gasteiger partial charge in [0.1, 0.15) is 5.76 Å². The molecule has 1 heterocycles. The second-order valence-electron chi connectivity index (χ2n) is 5.93. The van der Waals surface area contributed by atoms with Crippen molar-refractivity contribution in [2.45, 2.75) is 26.8 Å². The van der Waals surface area contributed by atoms with Gasteiger partial charge in [-0.2, -0.15) is 0 Å². The lowest BCUT2D eigenvalue weighted by atomic mass is 10.1. The summed E-state index contributed by atoms with van der Waals surface area (Å²) in [7, 11) is 0. The van der Waals surface area contributed by atoms with Crippen molar-refractivity contribution in [3.05, 3.63) is 48.4 Å². The molecule has 1 aromatic carbocycles. The zero-order valence-electron chi connectivity index (χ0n) is 14.0. The molecule has 6 nitrogen and oxygen atoms in total. The first-order valence-electron chi connectivity index (χ1n) is 7.96. The molecule has 0 aliphatic carbocycles. The third-order valence-electron chi connectivity index (χ3n) is 3.26. The molecule has 2 rings (SSSR count).